The normalized spacial score (nSPS) is 23.0. The van der Waals surface area contributed by atoms with Crippen LogP contribution in [0.2, 0.25) is 0 Å². The number of nitrogens with one attached hydrogen (secondary N) is 1. The lowest BCUT2D eigenvalue weighted by Gasteiger charge is -2.22. The maximum atomic E-state index is 11.9. The minimum absolute atomic E-state index is 0.126. The van der Waals surface area contributed by atoms with Gasteiger partial charge in [0.2, 0.25) is 5.91 Å². The van der Waals surface area contributed by atoms with Gasteiger partial charge in [-0.25, -0.2) is 4.98 Å². The zero-order valence-electron chi connectivity index (χ0n) is 11.4. The number of rotatable bonds is 5. The van der Waals surface area contributed by atoms with Crippen molar-refractivity contribution in [2.75, 3.05) is 0 Å². The van der Waals surface area contributed by atoms with Gasteiger partial charge in [0.05, 0.1) is 12.5 Å². The van der Waals surface area contributed by atoms with Gasteiger partial charge >= 0.3 is 5.97 Å². The highest BCUT2D eigenvalue weighted by molar-refractivity contribution is 5.78. The molecule has 0 bridgehead atoms. The molecule has 20 heavy (non-hydrogen) atoms. The van der Waals surface area contributed by atoms with E-state index >= 15 is 0 Å². The summed E-state index contributed by atoms with van der Waals surface area (Å²) in [6.07, 6.45) is 7.57. The van der Waals surface area contributed by atoms with Crippen molar-refractivity contribution in [2.45, 2.75) is 51.1 Å². The standard InChI is InChI=1S/C13H20N4O3/c18-12(6-7-17-9-14-8-15-17)16-11-5-3-1-2-4-10(11)13(19)20/h8-11H,1-7H2,(H,16,18)(H,19,20). The number of aromatic nitrogens is 3. The number of hydrogen-bond donors (Lipinski definition) is 2. The average Bonchev–Trinajstić information content (AvgIpc) is 2.82. The topological polar surface area (TPSA) is 97.1 Å². The number of hydrogen-bond acceptors (Lipinski definition) is 4. The number of aryl methyl sites for hydroxylation is 1. The van der Waals surface area contributed by atoms with Crippen LogP contribution in [-0.4, -0.2) is 37.8 Å². The first kappa shape index (κ1) is 14.5. The number of carbonyl (C=O) groups excluding carboxylic acids is 1. The maximum absolute atomic E-state index is 11.9. The van der Waals surface area contributed by atoms with E-state index < -0.39 is 11.9 Å². The lowest BCUT2D eigenvalue weighted by Crippen LogP contribution is -2.43. The first-order chi connectivity index (χ1) is 9.66. The molecule has 2 N–H and O–H groups in total. The Balaban J connectivity index is 1.85. The third-order valence-corrected chi connectivity index (χ3v) is 3.71. The minimum Gasteiger partial charge on any atom is -0.481 e. The van der Waals surface area contributed by atoms with Crippen LogP contribution in [0, 0.1) is 5.92 Å². The van der Waals surface area contributed by atoms with Crippen LogP contribution in [0.3, 0.4) is 0 Å². The first-order valence-corrected chi connectivity index (χ1v) is 7.01. The summed E-state index contributed by atoms with van der Waals surface area (Å²) in [5.41, 5.74) is 0. The molecule has 1 aromatic heterocycles. The molecule has 110 valence electrons. The number of amides is 1. The highest BCUT2D eigenvalue weighted by Crippen LogP contribution is 2.23. The van der Waals surface area contributed by atoms with Gasteiger partial charge in [-0.1, -0.05) is 19.3 Å². The van der Waals surface area contributed by atoms with Crippen LogP contribution < -0.4 is 5.32 Å². The second kappa shape index (κ2) is 7.02. The Morgan fingerprint density at radius 1 is 1.30 bits per heavy atom. The van der Waals surface area contributed by atoms with Crippen LogP contribution >= 0.6 is 0 Å². The zero-order chi connectivity index (χ0) is 14.4. The van der Waals surface area contributed by atoms with E-state index in [1.165, 1.54) is 6.33 Å². The SMILES string of the molecule is O=C(CCn1cncn1)NC1CCCCCC1C(=O)O. The van der Waals surface area contributed by atoms with Gasteiger partial charge in [-0.2, -0.15) is 5.10 Å². The van der Waals surface area contributed by atoms with Gasteiger partial charge in [0.15, 0.2) is 0 Å². The molecule has 7 nitrogen and oxygen atoms in total. The molecule has 1 fully saturated rings. The second-order valence-electron chi connectivity index (χ2n) is 5.17. The van der Waals surface area contributed by atoms with Gasteiger partial charge in [-0.3, -0.25) is 14.3 Å². The highest BCUT2D eigenvalue weighted by atomic mass is 16.4. The molecule has 0 spiro atoms. The van der Waals surface area contributed by atoms with Crippen molar-refractivity contribution in [3.05, 3.63) is 12.7 Å². The van der Waals surface area contributed by atoms with Crippen molar-refractivity contribution in [3.63, 3.8) is 0 Å². The zero-order valence-corrected chi connectivity index (χ0v) is 11.4. The van der Waals surface area contributed by atoms with E-state index in [2.05, 4.69) is 15.4 Å². The number of carboxylic acid groups (broad SMARTS) is 1. The van der Waals surface area contributed by atoms with Crippen LogP contribution in [0.4, 0.5) is 0 Å². The van der Waals surface area contributed by atoms with E-state index in [0.29, 0.717) is 13.0 Å². The van der Waals surface area contributed by atoms with Crippen LogP contribution in [0.5, 0.6) is 0 Å². The average molecular weight is 280 g/mol. The molecule has 0 aliphatic heterocycles. The molecule has 1 amide bonds. The summed E-state index contributed by atoms with van der Waals surface area (Å²) in [7, 11) is 0. The van der Waals surface area contributed by atoms with Crippen molar-refractivity contribution in [1.82, 2.24) is 20.1 Å². The Morgan fingerprint density at radius 2 is 2.10 bits per heavy atom. The predicted molar refractivity (Wildman–Crippen MR) is 70.8 cm³/mol. The number of carboxylic acids is 1. The van der Waals surface area contributed by atoms with E-state index in [1.807, 2.05) is 0 Å². The monoisotopic (exact) mass is 280 g/mol. The molecule has 2 atom stereocenters. The molecular weight excluding hydrogens is 260 g/mol. The third kappa shape index (κ3) is 4.04. The Bertz CT molecular complexity index is 446. The Labute approximate surface area is 117 Å². The molecule has 1 saturated carbocycles. The summed E-state index contributed by atoms with van der Waals surface area (Å²) < 4.78 is 1.58. The minimum atomic E-state index is -0.812. The summed E-state index contributed by atoms with van der Waals surface area (Å²) in [5, 5.41) is 16.0. The summed E-state index contributed by atoms with van der Waals surface area (Å²) in [6, 6.07) is -0.252. The maximum Gasteiger partial charge on any atom is 0.308 e. The molecule has 0 saturated heterocycles. The molecular formula is C13H20N4O3. The molecule has 1 heterocycles. The van der Waals surface area contributed by atoms with E-state index in [-0.39, 0.29) is 18.4 Å². The lowest BCUT2D eigenvalue weighted by atomic mass is 9.95. The quantitative estimate of drug-likeness (QED) is 0.778. The number of nitrogens with zero attached hydrogens (tertiary/aromatic N) is 3. The molecule has 0 aromatic carbocycles. The highest BCUT2D eigenvalue weighted by Gasteiger charge is 2.30. The van der Waals surface area contributed by atoms with Gasteiger partial charge in [0.1, 0.15) is 12.7 Å². The summed E-state index contributed by atoms with van der Waals surface area (Å²) in [4.78, 5) is 27.0. The fourth-order valence-corrected chi connectivity index (χ4v) is 2.62. The molecule has 0 radical (unpaired) electrons. The van der Waals surface area contributed by atoms with Gasteiger partial charge < -0.3 is 10.4 Å². The molecule has 7 heteroatoms. The van der Waals surface area contributed by atoms with E-state index in [0.717, 1.165) is 25.7 Å². The number of carbonyl (C=O) groups is 2. The molecule has 2 unspecified atom stereocenters. The van der Waals surface area contributed by atoms with Crippen molar-refractivity contribution >= 4 is 11.9 Å². The fraction of sp³-hybridized carbons (Fsp3) is 0.692. The molecule has 2 rings (SSSR count). The smallest absolute Gasteiger partial charge is 0.308 e. The summed E-state index contributed by atoms with van der Waals surface area (Å²) in [6.45, 7) is 0.455. The fourth-order valence-electron chi connectivity index (χ4n) is 2.62. The molecule has 1 aliphatic rings. The van der Waals surface area contributed by atoms with E-state index in [9.17, 15) is 14.7 Å². The van der Waals surface area contributed by atoms with Crippen molar-refractivity contribution < 1.29 is 14.7 Å². The third-order valence-electron chi connectivity index (χ3n) is 3.71. The lowest BCUT2D eigenvalue weighted by molar-refractivity contribution is -0.143. The molecule has 1 aliphatic carbocycles. The summed E-state index contributed by atoms with van der Waals surface area (Å²) in [5.74, 6) is -1.40. The van der Waals surface area contributed by atoms with Gasteiger partial charge in [-0.15, -0.1) is 0 Å². The predicted octanol–water partition coefficient (Wildman–Crippen LogP) is 0.818. The van der Waals surface area contributed by atoms with Crippen LogP contribution in [0.15, 0.2) is 12.7 Å². The van der Waals surface area contributed by atoms with Crippen LogP contribution in [0.1, 0.15) is 38.5 Å². The Hall–Kier alpha value is -1.92. The Morgan fingerprint density at radius 3 is 2.80 bits per heavy atom. The van der Waals surface area contributed by atoms with Crippen molar-refractivity contribution in [1.29, 1.82) is 0 Å². The Kier molecular flexibility index (Phi) is 5.09. The van der Waals surface area contributed by atoms with Gasteiger partial charge in [0, 0.05) is 12.5 Å². The largest absolute Gasteiger partial charge is 0.481 e. The van der Waals surface area contributed by atoms with Gasteiger partial charge in [-0.05, 0) is 12.8 Å². The number of aliphatic carboxylic acids is 1. The van der Waals surface area contributed by atoms with Crippen molar-refractivity contribution in [3.8, 4) is 0 Å². The van der Waals surface area contributed by atoms with E-state index in [1.54, 1.807) is 11.0 Å². The van der Waals surface area contributed by atoms with E-state index in [4.69, 9.17) is 0 Å². The first-order valence-electron chi connectivity index (χ1n) is 7.01. The second-order valence-corrected chi connectivity index (χ2v) is 5.17. The van der Waals surface area contributed by atoms with Crippen LogP contribution in [0.25, 0.3) is 0 Å². The summed E-state index contributed by atoms with van der Waals surface area (Å²) >= 11 is 0. The van der Waals surface area contributed by atoms with Gasteiger partial charge in [0.25, 0.3) is 0 Å². The van der Waals surface area contributed by atoms with Crippen LogP contribution in [-0.2, 0) is 16.1 Å². The molecule has 1 aromatic rings. The van der Waals surface area contributed by atoms with Crippen molar-refractivity contribution in [2.24, 2.45) is 5.92 Å².